The number of amides is 1. The van der Waals surface area contributed by atoms with Gasteiger partial charge in [-0.25, -0.2) is 4.79 Å². The van der Waals surface area contributed by atoms with Gasteiger partial charge in [0.25, 0.3) is 0 Å². The van der Waals surface area contributed by atoms with Crippen LogP contribution in [0.25, 0.3) is 0 Å². The van der Waals surface area contributed by atoms with Gasteiger partial charge in [-0.1, -0.05) is 0 Å². The highest BCUT2D eigenvalue weighted by atomic mass is 19.4. The van der Waals surface area contributed by atoms with E-state index in [1.807, 2.05) is 4.90 Å². The second kappa shape index (κ2) is 6.92. The summed E-state index contributed by atoms with van der Waals surface area (Å²) in [4.78, 5) is 34.1. The van der Waals surface area contributed by atoms with Gasteiger partial charge >= 0.3 is 12.1 Å². The highest BCUT2D eigenvalue weighted by Crippen LogP contribution is 2.41. The third kappa shape index (κ3) is 4.34. The first kappa shape index (κ1) is 18.4. The number of allylic oxidation sites excluding steroid dienone is 2. The Morgan fingerprint density at radius 2 is 1.79 bits per heavy atom. The van der Waals surface area contributed by atoms with Crippen LogP contribution in [0.4, 0.5) is 13.2 Å². The van der Waals surface area contributed by atoms with E-state index in [0.717, 1.165) is 44.6 Å². The summed E-state index contributed by atoms with van der Waals surface area (Å²) in [5.74, 6) is -2.38. The quantitative estimate of drug-likeness (QED) is 0.749. The second-order valence-electron chi connectivity index (χ2n) is 6.31. The Kier molecular flexibility index (Phi) is 5.32. The number of alkyl halides is 3. The van der Waals surface area contributed by atoms with Gasteiger partial charge in [-0.3, -0.25) is 9.59 Å². The normalized spacial score (nSPS) is 23.1. The van der Waals surface area contributed by atoms with Crippen molar-refractivity contribution in [2.24, 2.45) is 5.41 Å². The van der Waals surface area contributed by atoms with Gasteiger partial charge in [0.2, 0.25) is 5.91 Å². The minimum atomic E-state index is -5.08. The van der Waals surface area contributed by atoms with Gasteiger partial charge in [-0.15, -0.1) is 0 Å². The summed E-state index contributed by atoms with van der Waals surface area (Å²) in [7, 11) is 0. The van der Waals surface area contributed by atoms with Crippen LogP contribution >= 0.6 is 0 Å². The maximum Gasteiger partial charge on any atom is 0.490 e. The first-order chi connectivity index (χ1) is 11.1. The van der Waals surface area contributed by atoms with Crippen molar-refractivity contribution in [3.05, 3.63) is 11.8 Å². The van der Waals surface area contributed by atoms with Gasteiger partial charge in [0.1, 0.15) is 0 Å². The molecule has 2 saturated heterocycles. The maximum absolute atomic E-state index is 12.1. The lowest BCUT2D eigenvalue weighted by Gasteiger charge is -2.33. The number of halogens is 3. The first-order valence-electron chi connectivity index (χ1n) is 7.68. The SMILES string of the molecule is O=C(O)C(F)(F)F.O=C1C=C(N2CC3(CCNCC3)CC2=O)CC1. The number of nitrogens with zero attached hydrogens (tertiary/aromatic N) is 1. The molecule has 2 fully saturated rings. The zero-order valence-electron chi connectivity index (χ0n) is 13.0. The maximum atomic E-state index is 12.1. The minimum Gasteiger partial charge on any atom is -0.475 e. The summed E-state index contributed by atoms with van der Waals surface area (Å²) in [6.07, 6.45) is 0.734. The van der Waals surface area contributed by atoms with Crippen LogP contribution in [0.2, 0.25) is 0 Å². The molecule has 0 atom stereocenters. The average Bonchev–Trinajstić information content (AvgIpc) is 3.03. The predicted molar refractivity (Wildman–Crippen MR) is 76.9 cm³/mol. The van der Waals surface area contributed by atoms with Gasteiger partial charge in [0, 0.05) is 31.2 Å². The molecular formula is C15H19F3N2O4. The van der Waals surface area contributed by atoms with Gasteiger partial charge < -0.3 is 15.3 Å². The highest BCUT2D eigenvalue weighted by Gasteiger charge is 2.45. The number of carbonyl (C=O) groups excluding carboxylic acids is 2. The number of carbonyl (C=O) groups is 3. The van der Waals surface area contributed by atoms with E-state index in [0.29, 0.717) is 12.8 Å². The fraction of sp³-hybridized carbons (Fsp3) is 0.667. The van der Waals surface area contributed by atoms with E-state index in [1.54, 1.807) is 6.08 Å². The largest absolute Gasteiger partial charge is 0.490 e. The second-order valence-corrected chi connectivity index (χ2v) is 6.31. The van der Waals surface area contributed by atoms with Crippen LogP contribution in [0.3, 0.4) is 0 Å². The van der Waals surface area contributed by atoms with E-state index in [1.165, 1.54) is 0 Å². The molecule has 0 saturated carbocycles. The molecule has 1 aliphatic carbocycles. The van der Waals surface area contributed by atoms with Gasteiger partial charge in [0.15, 0.2) is 5.78 Å². The number of nitrogens with one attached hydrogen (secondary N) is 1. The fourth-order valence-corrected chi connectivity index (χ4v) is 3.24. The van der Waals surface area contributed by atoms with Crippen LogP contribution < -0.4 is 5.32 Å². The summed E-state index contributed by atoms with van der Waals surface area (Å²) in [6.45, 7) is 2.85. The van der Waals surface area contributed by atoms with Crippen molar-refractivity contribution < 1.29 is 32.7 Å². The van der Waals surface area contributed by atoms with Crippen LogP contribution in [-0.2, 0) is 14.4 Å². The number of carboxylic acid groups (broad SMARTS) is 1. The first-order valence-corrected chi connectivity index (χ1v) is 7.68. The van der Waals surface area contributed by atoms with Crippen molar-refractivity contribution in [1.29, 1.82) is 0 Å². The molecule has 2 N–H and O–H groups in total. The third-order valence-electron chi connectivity index (χ3n) is 4.53. The summed E-state index contributed by atoms with van der Waals surface area (Å²) >= 11 is 0. The molecule has 9 heteroatoms. The Bertz CT molecular complexity index is 566. The van der Waals surface area contributed by atoms with Gasteiger partial charge in [-0.2, -0.15) is 13.2 Å². The molecule has 0 aromatic heterocycles. The zero-order valence-corrected chi connectivity index (χ0v) is 13.0. The third-order valence-corrected chi connectivity index (χ3v) is 4.53. The number of ketones is 1. The molecule has 0 radical (unpaired) electrons. The predicted octanol–water partition coefficient (Wildman–Crippen LogP) is 1.47. The molecule has 3 rings (SSSR count). The van der Waals surface area contributed by atoms with E-state index in [4.69, 9.17) is 9.90 Å². The molecule has 0 unspecified atom stereocenters. The molecule has 2 heterocycles. The van der Waals surface area contributed by atoms with Crippen LogP contribution in [0, 0.1) is 5.41 Å². The fourth-order valence-electron chi connectivity index (χ4n) is 3.24. The van der Waals surface area contributed by atoms with Crippen LogP contribution in [0.15, 0.2) is 11.8 Å². The molecule has 1 amide bonds. The summed E-state index contributed by atoms with van der Waals surface area (Å²) < 4.78 is 31.7. The Labute approximate surface area is 136 Å². The van der Waals surface area contributed by atoms with E-state index in [-0.39, 0.29) is 17.1 Å². The Morgan fingerprint density at radius 1 is 1.21 bits per heavy atom. The Hall–Kier alpha value is -1.90. The lowest BCUT2D eigenvalue weighted by Crippen LogP contribution is -2.38. The van der Waals surface area contributed by atoms with Crippen LogP contribution in [0.5, 0.6) is 0 Å². The van der Waals surface area contributed by atoms with Crippen molar-refractivity contribution in [1.82, 2.24) is 10.2 Å². The van der Waals surface area contributed by atoms with Crippen molar-refractivity contribution in [3.8, 4) is 0 Å². The number of carboxylic acids is 1. The smallest absolute Gasteiger partial charge is 0.475 e. The monoisotopic (exact) mass is 348 g/mol. The lowest BCUT2D eigenvalue weighted by atomic mass is 9.78. The lowest BCUT2D eigenvalue weighted by molar-refractivity contribution is -0.192. The van der Waals surface area contributed by atoms with Gasteiger partial charge in [-0.05, 0) is 37.8 Å². The summed E-state index contributed by atoms with van der Waals surface area (Å²) in [6, 6.07) is 0. The molecular weight excluding hydrogens is 329 g/mol. The van der Waals surface area contributed by atoms with E-state index < -0.39 is 12.1 Å². The van der Waals surface area contributed by atoms with Crippen molar-refractivity contribution in [2.45, 2.75) is 38.3 Å². The highest BCUT2D eigenvalue weighted by molar-refractivity contribution is 5.94. The molecule has 134 valence electrons. The molecule has 1 spiro atoms. The molecule has 0 aromatic rings. The topological polar surface area (TPSA) is 86.7 Å². The minimum absolute atomic E-state index is 0.166. The summed E-state index contributed by atoms with van der Waals surface area (Å²) in [5, 5.41) is 10.5. The molecule has 6 nitrogen and oxygen atoms in total. The number of hydrogen-bond acceptors (Lipinski definition) is 4. The van der Waals surface area contributed by atoms with Crippen LogP contribution in [0.1, 0.15) is 32.1 Å². The molecule has 2 aliphatic heterocycles. The summed E-state index contributed by atoms with van der Waals surface area (Å²) in [5.41, 5.74) is 1.13. The van der Waals surface area contributed by atoms with E-state index in [9.17, 15) is 22.8 Å². The van der Waals surface area contributed by atoms with Crippen LogP contribution in [-0.4, -0.2) is 53.5 Å². The Balaban J connectivity index is 0.000000256. The molecule has 3 aliphatic rings. The average molecular weight is 348 g/mol. The standard InChI is InChI=1S/C13H18N2O2.C2HF3O2/c16-11-2-1-10(7-11)15-9-13(8-12(15)17)3-5-14-6-4-13;3-2(4,5)1(6)7/h7,14H,1-6,8-9H2;(H,6,7). The number of likely N-dealkylation sites (tertiary alicyclic amines) is 1. The number of hydrogen-bond donors (Lipinski definition) is 2. The van der Waals surface area contributed by atoms with Crippen molar-refractivity contribution >= 4 is 17.7 Å². The van der Waals surface area contributed by atoms with E-state index in [2.05, 4.69) is 5.32 Å². The Morgan fingerprint density at radius 3 is 2.25 bits per heavy atom. The van der Waals surface area contributed by atoms with Crippen molar-refractivity contribution in [2.75, 3.05) is 19.6 Å². The number of aliphatic carboxylic acids is 1. The number of piperidine rings is 1. The molecule has 0 aromatic carbocycles. The molecule has 24 heavy (non-hydrogen) atoms. The van der Waals surface area contributed by atoms with Gasteiger partial charge in [0.05, 0.1) is 0 Å². The zero-order chi connectivity index (χ0) is 18.0. The number of rotatable bonds is 1. The van der Waals surface area contributed by atoms with E-state index >= 15 is 0 Å². The molecule has 0 bridgehead atoms. The van der Waals surface area contributed by atoms with Crippen molar-refractivity contribution in [3.63, 3.8) is 0 Å².